The van der Waals surface area contributed by atoms with Crippen molar-refractivity contribution in [3.8, 4) is 17.2 Å². The van der Waals surface area contributed by atoms with E-state index >= 15 is 0 Å². The van der Waals surface area contributed by atoms with Crippen molar-refractivity contribution in [2.24, 2.45) is 5.10 Å². The van der Waals surface area contributed by atoms with Crippen LogP contribution < -0.4 is 14.2 Å². The molecular formula is C15H23N3O3. The fourth-order valence-corrected chi connectivity index (χ4v) is 2.28. The molecule has 0 aliphatic carbocycles. The molecule has 1 aromatic carbocycles. The summed E-state index contributed by atoms with van der Waals surface area (Å²) in [6.07, 6.45) is 1.81. The normalized spacial score (nSPS) is 16.3. The first-order valence-electron chi connectivity index (χ1n) is 6.96. The quantitative estimate of drug-likeness (QED) is 0.766. The van der Waals surface area contributed by atoms with Crippen LogP contribution in [0.1, 0.15) is 5.56 Å². The number of hydrogen-bond acceptors (Lipinski definition) is 6. The van der Waals surface area contributed by atoms with Gasteiger partial charge in [0.2, 0.25) is 5.75 Å². The predicted octanol–water partition coefficient (Wildman–Crippen LogP) is 1.29. The molecule has 1 aliphatic heterocycles. The molecule has 1 fully saturated rings. The van der Waals surface area contributed by atoms with E-state index in [4.69, 9.17) is 14.2 Å². The van der Waals surface area contributed by atoms with E-state index in [-0.39, 0.29) is 0 Å². The molecule has 0 unspecified atom stereocenters. The molecule has 0 N–H and O–H groups in total. The highest BCUT2D eigenvalue weighted by Crippen LogP contribution is 2.38. The lowest BCUT2D eigenvalue weighted by atomic mass is 10.2. The average molecular weight is 293 g/mol. The molecule has 1 aliphatic rings. The second-order valence-corrected chi connectivity index (χ2v) is 4.93. The zero-order chi connectivity index (χ0) is 15.2. The van der Waals surface area contributed by atoms with Gasteiger partial charge >= 0.3 is 0 Å². The van der Waals surface area contributed by atoms with E-state index in [1.165, 1.54) is 0 Å². The summed E-state index contributed by atoms with van der Waals surface area (Å²) in [5, 5.41) is 6.60. The van der Waals surface area contributed by atoms with Crippen molar-refractivity contribution in [3.05, 3.63) is 17.7 Å². The van der Waals surface area contributed by atoms with Gasteiger partial charge in [-0.2, -0.15) is 5.10 Å². The summed E-state index contributed by atoms with van der Waals surface area (Å²) in [5.41, 5.74) is 0.870. The first-order valence-corrected chi connectivity index (χ1v) is 6.96. The summed E-state index contributed by atoms with van der Waals surface area (Å²) >= 11 is 0. The Morgan fingerprint density at radius 1 is 0.952 bits per heavy atom. The number of nitrogens with zero attached hydrogens (tertiary/aromatic N) is 3. The number of rotatable bonds is 5. The number of likely N-dealkylation sites (N-methyl/N-ethyl adjacent to an activating group) is 1. The van der Waals surface area contributed by atoms with Crippen LogP contribution in [0.5, 0.6) is 17.2 Å². The molecule has 6 heteroatoms. The standard InChI is InChI=1S/C15H23N3O3/c1-17-7-9-18(10-8-17)16-11-12-5-6-13(19-2)15(21-4)14(12)20-3/h5-6,11H,7-10H2,1-4H3/b16-11+. The minimum Gasteiger partial charge on any atom is -0.493 e. The van der Waals surface area contributed by atoms with Gasteiger partial charge in [0.1, 0.15) is 0 Å². The maximum Gasteiger partial charge on any atom is 0.203 e. The molecule has 0 spiro atoms. The minimum atomic E-state index is 0.585. The topological polar surface area (TPSA) is 46.5 Å². The van der Waals surface area contributed by atoms with E-state index in [0.717, 1.165) is 31.7 Å². The Labute approximate surface area is 125 Å². The second-order valence-electron chi connectivity index (χ2n) is 4.93. The molecule has 0 amide bonds. The van der Waals surface area contributed by atoms with Crippen molar-refractivity contribution in [1.29, 1.82) is 0 Å². The van der Waals surface area contributed by atoms with Crippen molar-refractivity contribution in [2.45, 2.75) is 0 Å². The molecule has 6 nitrogen and oxygen atoms in total. The van der Waals surface area contributed by atoms with Gasteiger partial charge in [-0.1, -0.05) is 0 Å². The van der Waals surface area contributed by atoms with Crippen molar-refractivity contribution in [3.63, 3.8) is 0 Å². The van der Waals surface area contributed by atoms with E-state index in [1.54, 1.807) is 21.3 Å². The van der Waals surface area contributed by atoms with Gasteiger partial charge in [0.05, 0.1) is 27.5 Å². The Morgan fingerprint density at radius 3 is 2.19 bits per heavy atom. The van der Waals surface area contributed by atoms with Crippen LogP contribution in [0.4, 0.5) is 0 Å². The molecule has 21 heavy (non-hydrogen) atoms. The molecule has 0 atom stereocenters. The molecule has 1 heterocycles. The summed E-state index contributed by atoms with van der Waals surface area (Å²) in [6.45, 7) is 3.92. The average Bonchev–Trinajstić information content (AvgIpc) is 2.53. The Hall–Kier alpha value is -1.95. The maximum absolute atomic E-state index is 5.44. The smallest absolute Gasteiger partial charge is 0.203 e. The number of methoxy groups -OCH3 is 3. The van der Waals surface area contributed by atoms with Crippen LogP contribution in [0.25, 0.3) is 0 Å². The Kier molecular flexibility index (Phi) is 5.27. The highest BCUT2D eigenvalue weighted by Gasteiger charge is 2.15. The maximum atomic E-state index is 5.44. The Bertz CT molecular complexity index is 497. The SMILES string of the molecule is COc1ccc(/C=N/N2CCN(C)CC2)c(OC)c1OC. The third-order valence-corrected chi connectivity index (χ3v) is 3.57. The minimum absolute atomic E-state index is 0.585. The third kappa shape index (κ3) is 3.58. The summed E-state index contributed by atoms with van der Waals surface area (Å²) in [6, 6.07) is 3.77. The number of benzene rings is 1. The van der Waals surface area contributed by atoms with Crippen LogP contribution >= 0.6 is 0 Å². The lowest BCUT2D eigenvalue weighted by Gasteiger charge is -2.30. The van der Waals surface area contributed by atoms with E-state index in [9.17, 15) is 0 Å². The third-order valence-electron chi connectivity index (χ3n) is 3.57. The van der Waals surface area contributed by atoms with Crippen LogP contribution in [-0.2, 0) is 0 Å². The molecule has 0 saturated carbocycles. The highest BCUT2D eigenvalue weighted by atomic mass is 16.5. The van der Waals surface area contributed by atoms with Crippen LogP contribution in [-0.4, -0.2) is 70.7 Å². The zero-order valence-electron chi connectivity index (χ0n) is 13.1. The van der Waals surface area contributed by atoms with Gasteiger partial charge < -0.3 is 19.1 Å². The van der Waals surface area contributed by atoms with Crippen molar-refractivity contribution in [1.82, 2.24) is 9.91 Å². The van der Waals surface area contributed by atoms with Crippen molar-refractivity contribution in [2.75, 3.05) is 54.6 Å². The Balaban J connectivity index is 2.19. The predicted molar refractivity (Wildman–Crippen MR) is 82.8 cm³/mol. The van der Waals surface area contributed by atoms with Gasteiger partial charge in [-0.05, 0) is 19.2 Å². The van der Waals surface area contributed by atoms with Gasteiger partial charge in [-0.25, -0.2) is 0 Å². The highest BCUT2D eigenvalue weighted by molar-refractivity contribution is 5.86. The van der Waals surface area contributed by atoms with Gasteiger partial charge in [0.25, 0.3) is 0 Å². The molecule has 0 radical (unpaired) electrons. The fourth-order valence-electron chi connectivity index (χ4n) is 2.28. The van der Waals surface area contributed by atoms with Gasteiger partial charge in [0.15, 0.2) is 11.5 Å². The lowest BCUT2D eigenvalue weighted by Crippen LogP contribution is -2.41. The van der Waals surface area contributed by atoms with E-state index in [0.29, 0.717) is 17.2 Å². The Morgan fingerprint density at radius 2 is 1.62 bits per heavy atom. The summed E-state index contributed by atoms with van der Waals surface area (Å²) in [4.78, 5) is 2.29. The van der Waals surface area contributed by atoms with E-state index in [1.807, 2.05) is 18.3 Å². The monoisotopic (exact) mass is 293 g/mol. The number of piperazine rings is 1. The summed E-state index contributed by atoms with van der Waals surface area (Å²) < 4.78 is 16.1. The van der Waals surface area contributed by atoms with E-state index < -0.39 is 0 Å². The van der Waals surface area contributed by atoms with E-state index in [2.05, 4.69) is 22.1 Å². The first-order chi connectivity index (χ1) is 10.2. The fraction of sp³-hybridized carbons (Fsp3) is 0.533. The molecule has 116 valence electrons. The largest absolute Gasteiger partial charge is 0.493 e. The molecule has 0 aromatic heterocycles. The lowest BCUT2D eigenvalue weighted by molar-refractivity contribution is 0.159. The van der Waals surface area contributed by atoms with Crippen LogP contribution in [0.15, 0.2) is 17.2 Å². The zero-order valence-corrected chi connectivity index (χ0v) is 13.1. The molecule has 1 saturated heterocycles. The van der Waals surface area contributed by atoms with Gasteiger partial charge in [-0.15, -0.1) is 0 Å². The number of hydrogen-bond donors (Lipinski definition) is 0. The van der Waals surface area contributed by atoms with Gasteiger partial charge in [-0.3, -0.25) is 5.01 Å². The van der Waals surface area contributed by atoms with Crippen LogP contribution in [0, 0.1) is 0 Å². The van der Waals surface area contributed by atoms with Crippen LogP contribution in [0.3, 0.4) is 0 Å². The number of hydrazone groups is 1. The van der Waals surface area contributed by atoms with Crippen LogP contribution in [0.2, 0.25) is 0 Å². The summed E-state index contributed by atoms with van der Waals surface area (Å²) in [7, 11) is 6.94. The van der Waals surface area contributed by atoms with Crippen molar-refractivity contribution >= 4 is 6.21 Å². The van der Waals surface area contributed by atoms with Gasteiger partial charge in [0, 0.05) is 31.7 Å². The first kappa shape index (κ1) is 15.4. The molecule has 0 bridgehead atoms. The number of ether oxygens (including phenoxy) is 3. The summed E-state index contributed by atoms with van der Waals surface area (Å²) in [5.74, 6) is 1.86. The molecule has 2 rings (SSSR count). The van der Waals surface area contributed by atoms with Crippen molar-refractivity contribution < 1.29 is 14.2 Å². The molecular weight excluding hydrogens is 270 g/mol. The second kappa shape index (κ2) is 7.17. The molecule has 1 aromatic rings.